The topological polar surface area (TPSA) is 76.1 Å². The van der Waals surface area contributed by atoms with Crippen LogP contribution < -0.4 is 4.74 Å². The molecular weight excluding hydrogens is 438 g/mol. The third-order valence-corrected chi connectivity index (χ3v) is 5.48. The number of amides is 1. The molecule has 1 heterocycles. The van der Waals surface area contributed by atoms with Crippen LogP contribution in [0.15, 0.2) is 52.5 Å². The van der Waals surface area contributed by atoms with Crippen molar-refractivity contribution in [1.82, 2.24) is 4.90 Å². The first-order valence-electron chi connectivity index (χ1n) is 9.06. The second kappa shape index (κ2) is 8.80. The Morgan fingerprint density at radius 1 is 1.14 bits per heavy atom. The Labute approximate surface area is 177 Å². The van der Waals surface area contributed by atoms with Crippen molar-refractivity contribution in [2.24, 2.45) is 0 Å². The molecule has 1 aliphatic heterocycles. The Morgan fingerprint density at radius 3 is 2.41 bits per heavy atom. The Balaban J connectivity index is 2.17. The van der Waals surface area contributed by atoms with Crippen molar-refractivity contribution >= 4 is 33.4 Å². The maximum atomic E-state index is 12.9. The van der Waals surface area contributed by atoms with Crippen LogP contribution in [0.2, 0.25) is 0 Å². The molecule has 0 aliphatic carbocycles. The number of carbonyl (C=O) groups is 2. The number of ketones is 1. The van der Waals surface area contributed by atoms with Gasteiger partial charge < -0.3 is 19.5 Å². The molecule has 1 N–H and O–H groups in total. The van der Waals surface area contributed by atoms with Crippen LogP contribution in [0.1, 0.15) is 22.7 Å². The summed E-state index contributed by atoms with van der Waals surface area (Å²) < 4.78 is 11.2. The second-order valence-electron chi connectivity index (χ2n) is 6.72. The van der Waals surface area contributed by atoms with Gasteiger partial charge in [-0.15, -0.1) is 0 Å². The molecule has 1 fully saturated rings. The van der Waals surface area contributed by atoms with Crippen molar-refractivity contribution in [1.29, 1.82) is 0 Å². The fourth-order valence-corrected chi connectivity index (χ4v) is 3.73. The normalized spacial score (nSPS) is 18.3. The zero-order valence-corrected chi connectivity index (χ0v) is 18.0. The maximum absolute atomic E-state index is 12.9. The molecule has 0 spiro atoms. The predicted molar refractivity (Wildman–Crippen MR) is 113 cm³/mol. The summed E-state index contributed by atoms with van der Waals surface area (Å²) in [7, 11) is 3.09. The highest BCUT2D eigenvalue weighted by Gasteiger charge is 2.45. The minimum Gasteiger partial charge on any atom is -0.507 e. The first kappa shape index (κ1) is 21.1. The van der Waals surface area contributed by atoms with Crippen LogP contribution in [-0.4, -0.2) is 49.1 Å². The van der Waals surface area contributed by atoms with Gasteiger partial charge in [-0.1, -0.05) is 28.1 Å². The highest BCUT2D eigenvalue weighted by atomic mass is 79.9. The third kappa shape index (κ3) is 4.06. The van der Waals surface area contributed by atoms with Gasteiger partial charge in [-0.2, -0.15) is 0 Å². The summed E-state index contributed by atoms with van der Waals surface area (Å²) in [5, 5.41) is 11.1. The van der Waals surface area contributed by atoms with Crippen LogP contribution >= 0.6 is 15.9 Å². The Bertz CT molecular complexity index is 968. The lowest BCUT2D eigenvalue weighted by Gasteiger charge is -2.25. The van der Waals surface area contributed by atoms with Crippen molar-refractivity contribution in [3.63, 3.8) is 0 Å². The molecule has 3 rings (SSSR count). The monoisotopic (exact) mass is 459 g/mol. The summed E-state index contributed by atoms with van der Waals surface area (Å²) in [6.45, 7) is 2.33. The number of methoxy groups -OCH3 is 2. The minimum atomic E-state index is -0.707. The van der Waals surface area contributed by atoms with E-state index < -0.39 is 17.7 Å². The van der Waals surface area contributed by atoms with Crippen molar-refractivity contribution < 1.29 is 24.2 Å². The highest BCUT2D eigenvalue weighted by molar-refractivity contribution is 9.10. The SMILES string of the molecule is COCCN1C(=O)C(=O)C(=C(O)c2ccc(OC)cc2C)C1c1ccc(Br)cc1. The lowest BCUT2D eigenvalue weighted by molar-refractivity contribution is -0.140. The molecule has 1 saturated heterocycles. The van der Waals surface area contributed by atoms with E-state index in [1.54, 1.807) is 25.3 Å². The molecule has 6 nitrogen and oxygen atoms in total. The number of halogens is 1. The Kier molecular flexibility index (Phi) is 6.39. The fraction of sp³-hybridized carbons (Fsp3) is 0.273. The number of hydrogen-bond acceptors (Lipinski definition) is 5. The van der Waals surface area contributed by atoms with Gasteiger partial charge in [0.15, 0.2) is 0 Å². The summed E-state index contributed by atoms with van der Waals surface area (Å²) >= 11 is 3.40. The molecular formula is C22H22BrNO5. The lowest BCUT2D eigenvalue weighted by atomic mass is 9.94. The quantitative estimate of drug-likeness (QED) is 0.403. The third-order valence-electron chi connectivity index (χ3n) is 4.95. The number of carbonyl (C=O) groups excluding carboxylic acids is 2. The van der Waals surface area contributed by atoms with Crippen LogP contribution in [0.4, 0.5) is 0 Å². The van der Waals surface area contributed by atoms with Gasteiger partial charge >= 0.3 is 0 Å². The zero-order valence-electron chi connectivity index (χ0n) is 16.4. The van der Waals surface area contributed by atoms with E-state index in [0.717, 1.165) is 15.6 Å². The predicted octanol–water partition coefficient (Wildman–Crippen LogP) is 3.83. The highest BCUT2D eigenvalue weighted by Crippen LogP contribution is 2.40. The number of nitrogens with zero attached hydrogens (tertiary/aromatic N) is 1. The van der Waals surface area contributed by atoms with Crippen molar-refractivity contribution in [3.8, 4) is 5.75 Å². The van der Waals surface area contributed by atoms with Gasteiger partial charge in [0.25, 0.3) is 11.7 Å². The first-order valence-corrected chi connectivity index (χ1v) is 9.86. The van der Waals surface area contributed by atoms with Gasteiger partial charge in [0.1, 0.15) is 11.5 Å². The van der Waals surface area contributed by atoms with E-state index >= 15 is 0 Å². The van der Waals surface area contributed by atoms with Crippen LogP contribution in [0.3, 0.4) is 0 Å². The first-order chi connectivity index (χ1) is 13.9. The number of aliphatic hydroxyl groups is 1. The Morgan fingerprint density at radius 2 is 1.83 bits per heavy atom. The van der Waals surface area contributed by atoms with Gasteiger partial charge in [0, 0.05) is 23.7 Å². The summed E-state index contributed by atoms with van der Waals surface area (Å²) in [5.41, 5.74) is 2.02. The molecule has 1 aliphatic rings. The number of likely N-dealkylation sites (tertiary alicyclic amines) is 1. The van der Waals surface area contributed by atoms with E-state index in [-0.39, 0.29) is 24.5 Å². The summed E-state index contributed by atoms with van der Waals surface area (Å²) in [5.74, 6) is -0.912. The lowest BCUT2D eigenvalue weighted by Crippen LogP contribution is -2.32. The molecule has 29 heavy (non-hydrogen) atoms. The van der Waals surface area contributed by atoms with Crippen molar-refractivity contribution in [2.45, 2.75) is 13.0 Å². The van der Waals surface area contributed by atoms with Crippen LogP contribution in [0.25, 0.3) is 5.76 Å². The standard InChI is InChI=1S/C22H22BrNO5/c1-13-12-16(29-3)8-9-17(13)20(25)18-19(14-4-6-15(23)7-5-14)24(10-11-28-2)22(27)21(18)26/h4-9,12,19,25H,10-11H2,1-3H3. The average molecular weight is 460 g/mol. The minimum absolute atomic E-state index is 0.0710. The van der Waals surface area contributed by atoms with Crippen molar-refractivity contribution in [2.75, 3.05) is 27.4 Å². The number of benzene rings is 2. The smallest absolute Gasteiger partial charge is 0.295 e. The van der Waals surface area contributed by atoms with Gasteiger partial charge in [-0.3, -0.25) is 9.59 Å². The van der Waals surface area contributed by atoms with Gasteiger partial charge in [0.2, 0.25) is 0 Å². The van der Waals surface area contributed by atoms with Gasteiger partial charge in [0.05, 0.1) is 25.3 Å². The van der Waals surface area contributed by atoms with E-state index in [1.165, 1.54) is 12.0 Å². The number of ether oxygens (including phenoxy) is 2. The summed E-state index contributed by atoms with van der Waals surface area (Å²) in [6.07, 6.45) is 0. The average Bonchev–Trinajstić information content (AvgIpc) is 2.96. The molecule has 1 amide bonds. The molecule has 2 aromatic carbocycles. The fourth-order valence-electron chi connectivity index (χ4n) is 3.47. The van der Waals surface area contributed by atoms with Crippen LogP contribution in [-0.2, 0) is 14.3 Å². The van der Waals surface area contributed by atoms with Crippen LogP contribution in [0, 0.1) is 6.92 Å². The molecule has 7 heteroatoms. The number of aryl methyl sites for hydroxylation is 1. The van der Waals surface area contributed by atoms with Crippen molar-refractivity contribution in [3.05, 3.63) is 69.2 Å². The molecule has 0 radical (unpaired) electrons. The van der Waals surface area contributed by atoms with E-state index in [4.69, 9.17) is 9.47 Å². The summed E-state index contributed by atoms with van der Waals surface area (Å²) in [4.78, 5) is 27.1. The Hall–Kier alpha value is -2.64. The van der Waals surface area contributed by atoms with E-state index in [2.05, 4.69) is 15.9 Å². The van der Waals surface area contributed by atoms with Crippen LogP contribution in [0.5, 0.6) is 5.75 Å². The number of rotatable bonds is 6. The largest absolute Gasteiger partial charge is 0.507 e. The molecule has 0 bridgehead atoms. The summed E-state index contributed by atoms with van der Waals surface area (Å²) in [6, 6.07) is 11.8. The number of hydrogen-bond donors (Lipinski definition) is 1. The molecule has 0 saturated carbocycles. The van der Waals surface area contributed by atoms with E-state index in [1.807, 2.05) is 31.2 Å². The van der Waals surface area contributed by atoms with E-state index in [0.29, 0.717) is 11.3 Å². The second-order valence-corrected chi connectivity index (χ2v) is 7.63. The number of Topliss-reactive ketones (excluding diaryl/α,β-unsaturated/α-hetero) is 1. The molecule has 1 atom stereocenters. The van der Waals surface area contributed by atoms with Gasteiger partial charge in [-0.25, -0.2) is 0 Å². The van der Waals surface area contributed by atoms with E-state index in [9.17, 15) is 14.7 Å². The molecule has 152 valence electrons. The molecule has 1 unspecified atom stereocenters. The molecule has 0 aromatic heterocycles. The maximum Gasteiger partial charge on any atom is 0.295 e. The zero-order chi connectivity index (χ0) is 21.1. The number of aliphatic hydroxyl groups excluding tert-OH is 1. The molecule has 2 aromatic rings. The van der Waals surface area contributed by atoms with Gasteiger partial charge in [-0.05, 0) is 48.4 Å².